The van der Waals surface area contributed by atoms with Crippen molar-refractivity contribution in [2.45, 2.75) is 43.9 Å². The van der Waals surface area contributed by atoms with E-state index in [1.807, 2.05) is 0 Å². The highest BCUT2D eigenvalue weighted by atomic mass is 35.5. The topological polar surface area (TPSA) is 41.5 Å². The zero-order valence-corrected chi connectivity index (χ0v) is 11.8. The molecule has 1 aliphatic carbocycles. The van der Waals surface area contributed by atoms with E-state index in [0.29, 0.717) is 12.3 Å². The van der Waals surface area contributed by atoms with Crippen LogP contribution in [0.5, 0.6) is 0 Å². The van der Waals surface area contributed by atoms with Crippen LogP contribution in [0, 0.1) is 5.92 Å². The van der Waals surface area contributed by atoms with Crippen molar-refractivity contribution in [2.24, 2.45) is 5.92 Å². The minimum Gasteiger partial charge on any atom is -0.351 e. The summed E-state index contributed by atoms with van der Waals surface area (Å²) in [4.78, 5) is 0. The molecule has 2 aliphatic rings. The van der Waals surface area contributed by atoms with Crippen molar-refractivity contribution < 1.29 is 23.0 Å². The largest absolute Gasteiger partial charge is 0.421 e. The van der Waals surface area contributed by atoms with Crippen LogP contribution in [-0.2, 0) is 10.3 Å². The van der Waals surface area contributed by atoms with Crippen LogP contribution in [0.15, 0.2) is 18.2 Å². The summed E-state index contributed by atoms with van der Waals surface area (Å²) >= 11 is 5.85. The van der Waals surface area contributed by atoms with E-state index >= 15 is 0 Å². The zero-order valence-electron chi connectivity index (χ0n) is 11.1. The number of aliphatic hydroxyl groups is 1. The molecule has 116 valence electrons. The van der Waals surface area contributed by atoms with Crippen molar-refractivity contribution in [3.05, 3.63) is 28.8 Å². The van der Waals surface area contributed by atoms with Crippen molar-refractivity contribution in [3.63, 3.8) is 0 Å². The second-order valence-electron chi connectivity index (χ2n) is 5.61. The van der Waals surface area contributed by atoms with Gasteiger partial charge in [-0.1, -0.05) is 24.4 Å². The van der Waals surface area contributed by atoms with Gasteiger partial charge in [0, 0.05) is 16.3 Å². The Bertz CT molecular complexity index is 548. The van der Waals surface area contributed by atoms with Gasteiger partial charge in [0.15, 0.2) is 5.60 Å². The van der Waals surface area contributed by atoms with Gasteiger partial charge >= 0.3 is 6.18 Å². The number of aliphatic hydroxyl groups excluding tert-OH is 1. The van der Waals surface area contributed by atoms with Gasteiger partial charge < -0.3 is 15.2 Å². The fraction of sp³-hybridized carbons (Fsp3) is 0.571. The predicted molar refractivity (Wildman–Crippen MR) is 71.9 cm³/mol. The van der Waals surface area contributed by atoms with E-state index in [0.717, 1.165) is 12.8 Å². The highest BCUT2D eigenvalue weighted by molar-refractivity contribution is 6.30. The fourth-order valence-corrected chi connectivity index (χ4v) is 2.93. The molecular formula is C14H15ClF3NO2. The van der Waals surface area contributed by atoms with Crippen molar-refractivity contribution in [1.82, 2.24) is 0 Å². The number of nitrogens with one attached hydrogen (secondary N) is 1. The van der Waals surface area contributed by atoms with Crippen LogP contribution >= 0.6 is 11.6 Å². The lowest BCUT2D eigenvalue weighted by Crippen LogP contribution is -2.52. The van der Waals surface area contributed by atoms with Gasteiger partial charge in [-0.2, -0.15) is 13.2 Å². The molecule has 2 atom stereocenters. The number of halogens is 4. The molecule has 2 unspecified atom stereocenters. The molecule has 1 aliphatic heterocycles. The Kier molecular flexibility index (Phi) is 3.58. The van der Waals surface area contributed by atoms with E-state index in [9.17, 15) is 18.3 Å². The van der Waals surface area contributed by atoms with Gasteiger partial charge in [0.05, 0.1) is 0 Å². The Morgan fingerprint density at radius 2 is 2.10 bits per heavy atom. The van der Waals surface area contributed by atoms with Crippen LogP contribution in [0.25, 0.3) is 0 Å². The average molecular weight is 322 g/mol. The number of benzene rings is 1. The number of alkyl halides is 3. The van der Waals surface area contributed by atoms with Crippen LogP contribution in [0.3, 0.4) is 0 Å². The number of hydrogen-bond acceptors (Lipinski definition) is 3. The maximum atomic E-state index is 13.7. The summed E-state index contributed by atoms with van der Waals surface area (Å²) in [5, 5.41) is 12.3. The number of hydrogen-bond donors (Lipinski definition) is 2. The summed E-state index contributed by atoms with van der Waals surface area (Å²) < 4.78 is 46.2. The first kappa shape index (κ1) is 14.9. The first-order chi connectivity index (χ1) is 9.82. The first-order valence-electron chi connectivity index (χ1n) is 6.81. The van der Waals surface area contributed by atoms with E-state index in [-0.39, 0.29) is 22.7 Å². The number of fused-ring (bicyclic) bond motifs is 1. The molecule has 1 heterocycles. The highest BCUT2D eigenvalue weighted by Gasteiger charge is 2.60. The molecule has 1 aromatic rings. The molecule has 1 saturated carbocycles. The molecular weight excluding hydrogens is 307 g/mol. The molecule has 0 spiro atoms. The summed E-state index contributed by atoms with van der Waals surface area (Å²) in [6, 6.07) is 4.17. The van der Waals surface area contributed by atoms with Crippen LogP contribution < -0.4 is 5.32 Å². The van der Waals surface area contributed by atoms with Crippen molar-refractivity contribution in [1.29, 1.82) is 0 Å². The lowest BCUT2D eigenvalue weighted by Gasteiger charge is -2.42. The van der Waals surface area contributed by atoms with Crippen LogP contribution in [0.4, 0.5) is 18.9 Å². The molecule has 3 nitrogen and oxygen atoms in total. The normalized spacial score (nSPS) is 28.9. The molecule has 1 fully saturated rings. The van der Waals surface area contributed by atoms with E-state index in [2.05, 4.69) is 5.32 Å². The van der Waals surface area contributed by atoms with Gasteiger partial charge in [0.1, 0.15) is 0 Å². The van der Waals surface area contributed by atoms with Gasteiger partial charge in [-0.05, 0) is 37.0 Å². The third-order valence-corrected chi connectivity index (χ3v) is 4.30. The Morgan fingerprint density at radius 3 is 2.71 bits per heavy atom. The van der Waals surface area contributed by atoms with Gasteiger partial charge in [-0.15, -0.1) is 0 Å². The van der Waals surface area contributed by atoms with Crippen LogP contribution in [0.1, 0.15) is 31.2 Å². The lowest BCUT2D eigenvalue weighted by molar-refractivity contribution is -0.325. The number of anilines is 1. The second kappa shape index (κ2) is 5.04. The van der Waals surface area contributed by atoms with Gasteiger partial charge in [0.25, 0.3) is 0 Å². The molecule has 1 aromatic carbocycles. The second-order valence-corrected chi connectivity index (χ2v) is 6.05. The smallest absolute Gasteiger partial charge is 0.351 e. The quantitative estimate of drug-likeness (QED) is 0.884. The molecule has 7 heteroatoms. The molecule has 0 radical (unpaired) electrons. The summed E-state index contributed by atoms with van der Waals surface area (Å²) in [6.45, 7) is 0. The van der Waals surface area contributed by atoms with Gasteiger partial charge in [-0.3, -0.25) is 0 Å². The molecule has 2 N–H and O–H groups in total. The minimum atomic E-state index is -4.63. The van der Waals surface area contributed by atoms with E-state index in [4.69, 9.17) is 16.3 Å². The SMILES string of the molecule is OC1Nc2ccc(Cl)cc2C(CCC2CC2)(C(F)(F)F)O1. The highest BCUT2D eigenvalue weighted by Crippen LogP contribution is 2.53. The van der Waals surface area contributed by atoms with Crippen molar-refractivity contribution >= 4 is 17.3 Å². The number of rotatable bonds is 3. The Balaban J connectivity index is 2.06. The minimum absolute atomic E-state index is 0.0616. The Labute approximate surface area is 125 Å². The summed E-state index contributed by atoms with van der Waals surface area (Å²) in [7, 11) is 0. The third-order valence-electron chi connectivity index (χ3n) is 4.07. The van der Waals surface area contributed by atoms with Crippen molar-refractivity contribution in [3.8, 4) is 0 Å². The summed E-state index contributed by atoms with van der Waals surface area (Å²) in [5.41, 5.74) is -2.37. The first-order valence-corrected chi connectivity index (χ1v) is 7.19. The molecule has 0 aromatic heterocycles. The fourth-order valence-electron chi connectivity index (χ4n) is 2.76. The van der Waals surface area contributed by atoms with E-state index in [1.165, 1.54) is 18.2 Å². The molecule has 21 heavy (non-hydrogen) atoms. The summed E-state index contributed by atoms with van der Waals surface area (Å²) in [5.74, 6) is 0.322. The molecule has 0 bridgehead atoms. The standard InChI is InChI=1S/C14H15ClF3NO2/c15-9-3-4-11-10(7-9)13(14(16,17)18,21-12(20)19-11)6-5-8-1-2-8/h3-4,7-8,12,19-20H,1-2,5-6H2. The summed E-state index contributed by atoms with van der Waals surface area (Å²) in [6.07, 6.45) is -4.22. The maximum Gasteiger partial charge on any atom is 0.421 e. The van der Waals surface area contributed by atoms with Gasteiger partial charge in [-0.25, -0.2) is 0 Å². The molecule has 0 amide bonds. The van der Waals surface area contributed by atoms with Crippen LogP contribution in [0.2, 0.25) is 5.02 Å². The third kappa shape index (κ3) is 2.72. The van der Waals surface area contributed by atoms with E-state index in [1.54, 1.807) is 0 Å². The maximum absolute atomic E-state index is 13.7. The monoisotopic (exact) mass is 321 g/mol. The van der Waals surface area contributed by atoms with Crippen molar-refractivity contribution in [2.75, 3.05) is 5.32 Å². The Morgan fingerprint density at radius 1 is 1.38 bits per heavy atom. The lowest BCUT2D eigenvalue weighted by atomic mass is 9.85. The van der Waals surface area contributed by atoms with Gasteiger partial charge in [0.2, 0.25) is 6.41 Å². The van der Waals surface area contributed by atoms with Crippen LogP contribution in [-0.4, -0.2) is 17.7 Å². The predicted octanol–water partition coefficient (Wildman–Crippen LogP) is 4.01. The molecule has 3 rings (SSSR count). The Hall–Kier alpha value is -0.980. The molecule has 0 saturated heterocycles. The number of ether oxygens (including phenoxy) is 1. The van der Waals surface area contributed by atoms with E-state index < -0.39 is 18.2 Å². The zero-order chi connectivity index (χ0) is 15.3. The average Bonchev–Trinajstić information content (AvgIpc) is 3.19.